The van der Waals surface area contributed by atoms with Gasteiger partial charge in [-0.15, -0.1) is 0 Å². The van der Waals surface area contributed by atoms with Gasteiger partial charge in [0.2, 0.25) is 0 Å². The van der Waals surface area contributed by atoms with Crippen molar-refractivity contribution in [3.63, 3.8) is 0 Å². The van der Waals surface area contributed by atoms with Gasteiger partial charge >= 0.3 is 0 Å². The van der Waals surface area contributed by atoms with Crippen molar-refractivity contribution in [2.24, 2.45) is 0 Å². The Kier molecular flexibility index (Phi) is 2.29. The molecule has 2 heteroatoms. The molecule has 3 rings (SSSR count). The molecule has 0 bridgehead atoms. The first-order chi connectivity index (χ1) is 8.24. The Morgan fingerprint density at radius 2 is 1.71 bits per heavy atom. The standard InChI is InChI=1S/C15H15NO/c1-16(2)13-8-7-12-9-11-5-3-4-6-14(11)17-15(12)10-13/h3-8,10H,9H2,1-2H3. The highest BCUT2D eigenvalue weighted by Crippen LogP contribution is 2.37. The van der Waals surface area contributed by atoms with Crippen LogP contribution in [0.1, 0.15) is 11.1 Å². The molecule has 17 heavy (non-hydrogen) atoms. The molecule has 0 atom stereocenters. The predicted molar refractivity (Wildman–Crippen MR) is 70.1 cm³/mol. The third-order valence-electron chi connectivity index (χ3n) is 3.14. The summed E-state index contributed by atoms with van der Waals surface area (Å²) in [5.41, 5.74) is 3.69. The fourth-order valence-corrected chi connectivity index (χ4v) is 2.14. The normalized spacial score (nSPS) is 12.4. The van der Waals surface area contributed by atoms with E-state index in [1.165, 1.54) is 16.8 Å². The molecule has 0 aliphatic carbocycles. The fourth-order valence-electron chi connectivity index (χ4n) is 2.14. The molecule has 1 heterocycles. The van der Waals surface area contributed by atoms with Gasteiger partial charge in [-0.25, -0.2) is 0 Å². The monoisotopic (exact) mass is 225 g/mol. The van der Waals surface area contributed by atoms with Gasteiger partial charge in [-0.2, -0.15) is 0 Å². The number of fused-ring (bicyclic) bond motifs is 2. The van der Waals surface area contributed by atoms with E-state index in [1.54, 1.807) is 0 Å². The van der Waals surface area contributed by atoms with E-state index in [1.807, 2.05) is 26.2 Å². The van der Waals surface area contributed by atoms with Crippen molar-refractivity contribution >= 4 is 5.69 Å². The average molecular weight is 225 g/mol. The molecule has 0 radical (unpaired) electrons. The van der Waals surface area contributed by atoms with Crippen LogP contribution in [0.25, 0.3) is 0 Å². The van der Waals surface area contributed by atoms with Gasteiger partial charge in [-0.1, -0.05) is 24.3 Å². The van der Waals surface area contributed by atoms with Crippen molar-refractivity contribution in [2.75, 3.05) is 19.0 Å². The zero-order valence-corrected chi connectivity index (χ0v) is 10.1. The minimum Gasteiger partial charge on any atom is -0.457 e. The second-order valence-corrected chi connectivity index (χ2v) is 4.57. The summed E-state index contributed by atoms with van der Waals surface area (Å²) in [7, 11) is 4.08. The average Bonchev–Trinajstić information content (AvgIpc) is 2.35. The molecule has 2 aromatic rings. The first-order valence-electron chi connectivity index (χ1n) is 5.80. The topological polar surface area (TPSA) is 12.5 Å². The Morgan fingerprint density at radius 1 is 0.941 bits per heavy atom. The number of hydrogen-bond acceptors (Lipinski definition) is 2. The molecule has 0 aromatic heterocycles. The van der Waals surface area contributed by atoms with Crippen molar-refractivity contribution in [2.45, 2.75) is 6.42 Å². The Balaban J connectivity index is 2.03. The third-order valence-corrected chi connectivity index (χ3v) is 3.14. The van der Waals surface area contributed by atoms with Crippen molar-refractivity contribution in [1.29, 1.82) is 0 Å². The molecule has 0 saturated heterocycles. The van der Waals surface area contributed by atoms with E-state index in [0.717, 1.165) is 17.9 Å². The molecule has 1 aliphatic heterocycles. The molecule has 0 amide bonds. The smallest absolute Gasteiger partial charge is 0.133 e. The summed E-state index contributed by atoms with van der Waals surface area (Å²) >= 11 is 0. The number of benzene rings is 2. The minimum atomic E-state index is 0.958. The van der Waals surface area contributed by atoms with E-state index in [0.29, 0.717) is 0 Å². The Hall–Kier alpha value is -1.96. The molecule has 86 valence electrons. The van der Waals surface area contributed by atoms with Gasteiger partial charge in [-0.3, -0.25) is 0 Å². The number of hydrogen-bond donors (Lipinski definition) is 0. The van der Waals surface area contributed by atoms with Crippen LogP contribution < -0.4 is 9.64 Å². The molecule has 0 N–H and O–H groups in total. The van der Waals surface area contributed by atoms with E-state index < -0.39 is 0 Å². The highest BCUT2D eigenvalue weighted by atomic mass is 16.5. The van der Waals surface area contributed by atoms with Crippen molar-refractivity contribution in [3.8, 4) is 11.5 Å². The van der Waals surface area contributed by atoms with Crippen LogP contribution in [0.4, 0.5) is 5.69 Å². The summed E-state index contributed by atoms with van der Waals surface area (Å²) in [6, 6.07) is 14.6. The molecular weight excluding hydrogens is 210 g/mol. The molecule has 2 aromatic carbocycles. The first-order valence-corrected chi connectivity index (χ1v) is 5.80. The summed E-state index contributed by atoms with van der Waals surface area (Å²) in [6.07, 6.45) is 0.958. The summed E-state index contributed by atoms with van der Waals surface area (Å²) in [5.74, 6) is 1.96. The van der Waals surface area contributed by atoms with Crippen LogP contribution >= 0.6 is 0 Å². The molecule has 0 unspecified atom stereocenters. The summed E-state index contributed by atoms with van der Waals surface area (Å²) in [5, 5.41) is 0. The van der Waals surface area contributed by atoms with Crippen LogP contribution in [-0.4, -0.2) is 14.1 Å². The minimum absolute atomic E-state index is 0.958. The van der Waals surface area contributed by atoms with Crippen LogP contribution in [0.2, 0.25) is 0 Å². The second-order valence-electron chi connectivity index (χ2n) is 4.57. The van der Waals surface area contributed by atoms with Gasteiger partial charge in [0.25, 0.3) is 0 Å². The zero-order chi connectivity index (χ0) is 11.8. The van der Waals surface area contributed by atoms with Gasteiger partial charge in [-0.05, 0) is 23.3 Å². The van der Waals surface area contributed by atoms with Gasteiger partial charge in [0.15, 0.2) is 0 Å². The van der Waals surface area contributed by atoms with Crippen LogP contribution in [0.15, 0.2) is 42.5 Å². The van der Waals surface area contributed by atoms with Gasteiger partial charge in [0.05, 0.1) is 0 Å². The van der Waals surface area contributed by atoms with Crippen LogP contribution in [-0.2, 0) is 6.42 Å². The van der Waals surface area contributed by atoms with E-state index in [9.17, 15) is 0 Å². The van der Waals surface area contributed by atoms with E-state index in [-0.39, 0.29) is 0 Å². The van der Waals surface area contributed by atoms with Crippen molar-refractivity contribution in [1.82, 2.24) is 0 Å². The van der Waals surface area contributed by atoms with Gasteiger partial charge in [0, 0.05) is 32.3 Å². The Labute approximate surface area is 101 Å². The molecule has 2 nitrogen and oxygen atoms in total. The molecular formula is C15H15NO. The maximum Gasteiger partial charge on any atom is 0.133 e. The highest BCUT2D eigenvalue weighted by Gasteiger charge is 2.16. The SMILES string of the molecule is CN(C)c1ccc2c(c1)Oc1ccccc1C2. The predicted octanol–water partition coefficient (Wildman–Crippen LogP) is 3.45. The molecule has 0 spiro atoms. The second kappa shape index (κ2) is 3.81. The zero-order valence-electron chi connectivity index (χ0n) is 10.1. The Bertz CT molecular complexity index is 561. The quantitative estimate of drug-likeness (QED) is 0.629. The van der Waals surface area contributed by atoms with Gasteiger partial charge in [0.1, 0.15) is 11.5 Å². The van der Waals surface area contributed by atoms with Crippen LogP contribution in [0.5, 0.6) is 11.5 Å². The fraction of sp³-hybridized carbons (Fsp3) is 0.200. The third kappa shape index (κ3) is 1.76. The maximum absolute atomic E-state index is 5.94. The van der Waals surface area contributed by atoms with Crippen molar-refractivity contribution in [3.05, 3.63) is 53.6 Å². The largest absolute Gasteiger partial charge is 0.457 e. The van der Waals surface area contributed by atoms with E-state index in [4.69, 9.17) is 4.74 Å². The maximum atomic E-state index is 5.94. The molecule has 1 aliphatic rings. The number of rotatable bonds is 1. The molecule has 0 saturated carbocycles. The first kappa shape index (κ1) is 10.2. The summed E-state index contributed by atoms with van der Waals surface area (Å²) in [4.78, 5) is 2.09. The van der Waals surface area contributed by atoms with Gasteiger partial charge < -0.3 is 9.64 Å². The molecule has 0 fully saturated rings. The summed E-state index contributed by atoms with van der Waals surface area (Å²) in [6.45, 7) is 0. The van der Waals surface area contributed by atoms with E-state index in [2.05, 4.69) is 35.2 Å². The summed E-state index contributed by atoms with van der Waals surface area (Å²) < 4.78 is 5.94. The number of ether oxygens (including phenoxy) is 1. The van der Waals surface area contributed by atoms with Crippen LogP contribution in [0, 0.1) is 0 Å². The number of anilines is 1. The lowest BCUT2D eigenvalue weighted by atomic mass is 10.00. The van der Waals surface area contributed by atoms with E-state index >= 15 is 0 Å². The highest BCUT2D eigenvalue weighted by molar-refractivity contribution is 5.57. The lowest BCUT2D eigenvalue weighted by Gasteiger charge is -2.22. The lowest BCUT2D eigenvalue weighted by Crippen LogP contribution is -2.10. The lowest BCUT2D eigenvalue weighted by molar-refractivity contribution is 0.460. The number of nitrogens with zero attached hydrogens (tertiary/aromatic N) is 1. The van der Waals surface area contributed by atoms with Crippen molar-refractivity contribution < 1.29 is 4.74 Å². The van der Waals surface area contributed by atoms with Crippen LogP contribution in [0.3, 0.4) is 0 Å². The number of para-hydroxylation sites is 1. The Morgan fingerprint density at radius 3 is 2.53 bits per heavy atom.